The van der Waals surface area contributed by atoms with E-state index in [1.165, 1.54) is 35.1 Å². The van der Waals surface area contributed by atoms with Crippen LogP contribution in [0, 0.1) is 0 Å². The number of methoxy groups -OCH3 is 1. The van der Waals surface area contributed by atoms with Gasteiger partial charge in [-0.05, 0) is 42.3 Å². The maximum atomic E-state index is 13.4. The topological polar surface area (TPSA) is 112 Å². The first-order valence-electron chi connectivity index (χ1n) is 12.5. The van der Waals surface area contributed by atoms with Crippen LogP contribution < -0.4 is 10.2 Å². The van der Waals surface area contributed by atoms with Crippen LogP contribution in [0.15, 0.2) is 52.9 Å². The molecular weight excluding hydrogens is 574 g/mol. The number of urea groups is 1. The lowest BCUT2D eigenvalue weighted by molar-refractivity contribution is 0.0664. The minimum Gasteiger partial charge on any atom is -0.453 e. The van der Waals surface area contributed by atoms with E-state index in [4.69, 9.17) is 16.3 Å². The Kier molecular flexibility index (Phi) is 6.93. The monoisotopic (exact) mass is 597 g/mol. The van der Waals surface area contributed by atoms with Gasteiger partial charge in [-0.1, -0.05) is 35.1 Å². The Morgan fingerprint density at radius 3 is 2.62 bits per heavy atom. The Bertz CT molecular complexity index is 1510. The van der Waals surface area contributed by atoms with Crippen LogP contribution in [-0.2, 0) is 10.2 Å². The number of halogens is 1. The van der Waals surface area contributed by atoms with Gasteiger partial charge in [0, 0.05) is 48.1 Å². The van der Waals surface area contributed by atoms with Crippen LogP contribution >= 0.6 is 34.7 Å². The number of benzene rings is 2. The number of thiazole rings is 1. The molecule has 3 aliphatic rings. The van der Waals surface area contributed by atoms with E-state index >= 15 is 0 Å². The number of amides is 5. The molecule has 1 unspecified atom stereocenters. The van der Waals surface area contributed by atoms with Gasteiger partial charge >= 0.3 is 12.1 Å². The molecule has 10 nitrogen and oxygen atoms in total. The minimum absolute atomic E-state index is 0.272. The van der Waals surface area contributed by atoms with Crippen LogP contribution in [0.25, 0.3) is 0 Å². The quantitative estimate of drug-likeness (QED) is 0.327. The number of hydrogen-bond acceptors (Lipinski definition) is 8. The third-order valence-electron chi connectivity index (χ3n) is 7.45. The predicted molar refractivity (Wildman–Crippen MR) is 153 cm³/mol. The number of aromatic nitrogens is 1. The van der Waals surface area contributed by atoms with Crippen molar-refractivity contribution in [2.75, 3.05) is 49.3 Å². The number of fused-ring (bicyclic) bond motifs is 3. The van der Waals surface area contributed by atoms with Crippen LogP contribution in [0.1, 0.15) is 32.7 Å². The smallest absolute Gasteiger partial charge is 0.409 e. The first-order chi connectivity index (χ1) is 19.3. The third kappa shape index (κ3) is 4.59. The molecule has 13 heteroatoms. The minimum atomic E-state index is -0.431. The Labute approximate surface area is 243 Å². The first kappa shape index (κ1) is 26.6. The van der Waals surface area contributed by atoms with Crippen molar-refractivity contribution < 1.29 is 23.9 Å². The molecule has 1 aromatic heterocycles. The van der Waals surface area contributed by atoms with Gasteiger partial charge in [0.25, 0.3) is 11.8 Å². The maximum Gasteiger partial charge on any atom is 0.409 e. The summed E-state index contributed by atoms with van der Waals surface area (Å²) in [7, 11) is 1.36. The van der Waals surface area contributed by atoms with Gasteiger partial charge in [-0.15, -0.1) is 11.8 Å². The highest BCUT2D eigenvalue weighted by molar-refractivity contribution is 8.01. The van der Waals surface area contributed by atoms with E-state index in [1.54, 1.807) is 46.3 Å². The van der Waals surface area contributed by atoms with Crippen molar-refractivity contribution in [2.24, 2.45) is 0 Å². The summed E-state index contributed by atoms with van der Waals surface area (Å²) in [5.74, 6) is -0.0543. The molecule has 1 N–H and O–H groups in total. The summed E-state index contributed by atoms with van der Waals surface area (Å²) in [5.41, 5.74) is 2.12. The summed E-state index contributed by atoms with van der Waals surface area (Å²) < 4.78 is 5.76. The normalized spacial score (nSPS) is 19.4. The van der Waals surface area contributed by atoms with E-state index in [9.17, 15) is 19.2 Å². The van der Waals surface area contributed by atoms with Gasteiger partial charge in [0.05, 0.1) is 28.6 Å². The highest BCUT2D eigenvalue weighted by atomic mass is 35.5. The predicted octanol–water partition coefficient (Wildman–Crippen LogP) is 4.95. The number of anilines is 2. The lowest BCUT2D eigenvalue weighted by Crippen LogP contribution is -2.41. The van der Waals surface area contributed by atoms with E-state index in [2.05, 4.69) is 10.3 Å². The molecule has 0 aliphatic carbocycles. The first-order valence-corrected chi connectivity index (χ1v) is 14.7. The molecule has 0 radical (unpaired) electrons. The zero-order valence-electron chi connectivity index (χ0n) is 21.4. The lowest BCUT2D eigenvalue weighted by atomic mass is 9.81. The number of imide groups is 1. The largest absolute Gasteiger partial charge is 0.453 e. The van der Waals surface area contributed by atoms with E-state index in [0.29, 0.717) is 53.1 Å². The molecule has 3 aliphatic heterocycles. The molecule has 2 aromatic carbocycles. The molecule has 1 atom stereocenters. The van der Waals surface area contributed by atoms with Gasteiger partial charge in [0.15, 0.2) is 5.13 Å². The van der Waals surface area contributed by atoms with E-state index in [1.807, 2.05) is 12.1 Å². The summed E-state index contributed by atoms with van der Waals surface area (Å²) in [6.07, 6.45) is 1.96. The fourth-order valence-electron chi connectivity index (χ4n) is 5.55. The van der Waals surface area contributed by atoms with Gasteiger partial charge < -0.3 is 9.64 Å². The molecule has 1 saturated heterocycles. The van der Waals surface area contributed by atoms with Crippen LogP contribution in [-0.4, -0.2) is 77.8 Å². The van der Waals surface area contributed by atoms with Crippen LogP contribution in [0.2, 0.25) is 5.02 Å². The van der Waals surface area contributed by atoms with Crippen molar-refractivity contribution in [1.29, 1.82) is 0 Å². The Hall–Kier alpha value is -3.61. The number of hydrogen-bond donors (Lipinski definition) is 1. The molecular formula is C27H24ClN5O5S2. The average molecular weight is 598 g/mol. The van der Waals surface area contributed by atoms with E-state index in [0.717, 1.165) is 15.5 Å². The number of carbonyl (C=O) groups is 4. The Morgan fingerprint density at radius 1 is 1.15 bits per heavy atom. The zero-order valence-corrected chi connectivity index (χ0v) is 23.8. The molecule has 1 fully saturated rings. The van der Waals surface area contributed by atoms with Crippen LogP contribution in [0.5, 0.6) is 0 Å². The fraction of sp³-hybridized carbons (Fsp3) is 0.296. The summed E-state index contributed by atoms with van der Waals surface area (Å²) >= 11 is 9.10. The third-order valence-corrected chi connectivity index (χ3v) is 9.77. The van der Waals surface area contributed by atoms with Crippen molar-refractivity contribution in [3.8, 4) is 0 Å². The highest BCUT2D eigenvalue weighted by Gasteiger charge is 2.50. The van der Waals surface area contributed by atoms with Crippen molar-refractivity contribution in [2.45, 2.75) is 16.0 Å². The highest BCUT2D eigenvalue weighted by Crippen LogP contribution is 2.47. The number of carbonyl (C=O) groups excluding carboxylic acids is 4. The molecule has 1 spiro atoms. The summed E-state index contributed by atoms with van der Waals surface area (Å²) in [6, 6.07) is 11.9. The molecule has 0 saturated carbocycles. The van der Waals surface area contributed by atoms with Crippen molar-refractivity contribution in [3.63, 3.8) is 0 Å². The van der Waals surface area contributed by atoms with Crippen molar-refractivity contribution in [1.82, 2.24) is 14.8 Å². The van der Waals surface area contributed by atoms with Gasteiger partial charge in [-0.3, -0.25) is 24.7 Å². The molecule has 4 heterocycles. The lowest BCUT2D eigenvalue weighted by Gasteiger charge is -2.25. The Balaban J connectivity index is 1.09. The molecule has 0 bridgehead atoms. The molecule has 206 valence electrons. The van der Waals surface area contributed by atoms with Crippen LogP contribution in [0.3, 0.4) is 0 Å². The molecule has 6 rings (SSSR count). The van der Waals surface area contributed by atoms with E-state index < -0.39 is 5.41 Å². The zero-order chi connectivity index (χ0) is 28.0. The summed E-state index contributed by atoms with van der Waals surface area (Å²) in [5, 5.41) is 3.90. The van der Waals surface area contributed by atoms with Gasteiger partial charge in [-0.2, -0.15) is 0 Å². The maximum absolute atomic E-state index is 13.4. The number of rotatable bonds is 5. The molecule has 3 aromatic rings. The summed E-state index contributed by atoms with van der Waals surface area (Å²) in [6.45, 7) is 1.63. The fourth-order valence-corrected chi connectivity index (χ4v) is 7.59. The second-order valence-electron chi connectivity index (χ2n) is 9.74. The van der Waals surface area contributed by atoms with Gasteiger partial charge in [0.1, 0.15) is 0 Å². The average Bonchev–Trinajstić information content (AvgIpc) is 3.72. The standard InChI is InChI=1S/C27H24ClN5O5S2/c1-38-26(37)31-9-8-27(14-31)15-33(20-7-6-16(28)12-19(20)27)25(36)30-24-29-13-21(40-24)39-11-10-32-22(34)17-4-2-3-5-18(17)23(32)35/h2-7,12-13H,8-11,14-15H2,1H3,(H,29,30,36). The Morgan fingerprint density at radius 2 is 1.90 bits per heavy atom. The van der Waals surface area contributed by atoms with E-state index in [-0.39, 0.29) is 30.5 Å². The number of nitrogens with one attached hydrogen (secondary N) is 1. The molecule has 5 amide bonds. The number of likely N-dealkylation sites (tertiary alicyclic amines) is 1. The van der Waals surface area contributed by atoms with Gasteiger partial charge in [-0.25, -0.2) is 14.6 Å². The van der Waals surface area contributed by atoms with Crippen molar-refractivity contribution >= 4 is 69.5 Å². The van der Waals surface area contributed by atoms with Crippen LogP contribution in [0.4, 0.5) is 20.4 Å². The summed E-state index contributed by atoms with van der Waals surface area (Å²) in [4.78, 5) is 59.6. The molecule has 40 heavy (non-hydrogen) atoms. The van der Waals surface area contributed by atoms with Crippen molar-refractivity contribution in [3.05, 3.63) is 70.4 Å². The van der Waals surface area contributed by atoms with Gasteiger partial charge in [0.2, 0.25) is 0 Å². The number of thioether (sulfide) groups is 1. The second-order valence-corrected chi connectivity index (χ2v) is 12.6. The number of nitrogens with zero attached hydrogens (tertiary/aromatic N) is 4. The second kappa shape index (κ2) is 10.4. The SMILES string of the molecule is COC(=O)N1CCC2(C1)CN(C(=O)Nc1ncc(SCCN3C(=O)c4ccccc4C3=O)s1)c1ccc(Cl)cc12. The number of ether oxygens (including phenoxy) is 1.